The van der Waals surface area contributed by atoms with E-state index in [1.54, 1.807) is 48.2 Å². The minimum Gasteiger partial charge on any atom is -0.495 e. The first kappa shape index (κ1) is 24.2. The van der Waals surface area contributed by atoms with Crippen molar-refractivity contribution < 1.29 is 13.9 Å². The van der Waals surface area contributed by atoms with Crippen LogP contribution in [-0.4, -0.2) is 33.5 Å². The van der Waals surface area contributed by atoms with E-state index in [1.807, 2.05) is 4.57 Å². The van der Waals surface area contributed by atoms with Gasteiger partial charge >= 0.3 is 0 Å². The van der Waals surface area contributed by atoms with Gasteiger partial charge in [0.1, 0.15) is 17.4 Å². The standard InChI is InChI=1S/C22H22ClFN4O2S2/c1-3-10-28-20(13-31-12-15-4-7-17(24)8-5-15)26-27-22(28)32-14-21(29)25-18-11-16(23)6-9-19(18)30-2/h3-9,11H,1,10,12-14H2,2H3,(H,25,29). The Morgan fingerprint density at radius 2 is 2.03 bits per heavy atom. The molecular weight excluding hydrogens is 471 g/mol. The van der Waals surface area contributed by atoms with Gasteiger partial charge in [0.2, 0.25) is 5.91 Å². The van der Waals surface area contributed by atoms with Gasteiger partial charge in [-0.15, -0.1) is 28.5 Å². The van der Waals surface area contributed by atoms with Gasteiger partial charge in [0.05, 0.1) is 24.3 Å². The van der Waals surface area contributed by atoms with Gasteiger partial charge in [-0.25, -0.2) is 4.39 Å². The maximum Gasteiger partial charge on any atom is 0.234 e. The third kappa shape index (κ3) is 6.75. The molecule has 0 fully saturated rings. The molecule has 0 unspecified atom stereocenters. The molecule has 0 bridgehead atoms. The minimum absolute atomic E-state index is 0.146. The van der Waals surface area contributed by atoms with Crippen LogP contribution in [0, 0.1) is 5.82 Å². The second-order valence-corrected chi connectivity index (χ2v) is 8.96. The van der Waals surface area contributed by atoms with Crippen molar-refractivity contribution in [3.8, 4) is 5.75 Å². The van der Waals surface area contributed by atoms with Crippen LogP contribution in [0.1, 0.15) is 11.4 Å². The number of methoxy groups -OCH3 is 1. The second kappa shape index (κ2) is 11.9. The van der Waals surface area contributed by atoms with Crippen molar-refractivity contribution in [2.45, 2.75) is 23.2 Å². The van der Waals surface area contributed by atoms with E-state index in [0.717, 1.165) is 17.1 Å². The summed E-state index contributed by atoms with van der Waals surface area (Å²) in [5, 5.41) is 12.5. The highest BCUT2D eigenvalue weighted by Crippen LogP contribution is 2.28. The van der Waals surface area contributed by atoms with Crippen LogP contribution in [0.5, 0.6) is 5.75 Å². The lowest BCUT2D eigenvalue weighted by Crippen LogP contribution is -2.15. The number of nitrogens with zero attached hydrogens (tertiary/aromatic N) is 3. The van der Waals surface area contributed by atoms with Gasteiger partial charge < -0.3 is 14.6 Å². The van der Waals surface area contributed by atoms with Crippen LogP contribution in [0.4, 0.5) is 10.1 Å². The topological polar surface area (TPSA) is 69.0 Å². The largest absolute Gasteiger partial charge is 0.495 e. The lowest BCUT2D eigenvalue weighted by molar-refractivity contribution is -0.113. The molecule has 0 aliphatic rings. The smallest absolute Gasteiger partial charge is 0.234 e. The zero-order valence-corrected chi connectivity index (χ0v) is 19.8. The number of nitrogens with one attached hydrogen (secondary N) is 1. The van der Waals surface area contributed by atoms with Gasteiger partial charge in [-0.3, -0.25) is 4.79 Å². The van der Waals surface area contributed by atoms with E-state index < -0.39 is 0 Å². The fourth-order valence-electron chi connectivity index (χ4n) is 2.78. The molecule has 2 aromatic carbocycles. The zero-order chi connectivity index (χ0) is 22.9. The number of hydrogen-bond donors (Lipinski definition) is 1. The Morgan fingerprint density at radius 1 is 1.25 bits per heavy atom. The number of anilines is 1. The first-order chi connectivity index (χ1) is 15.5. The predicted molar refractivity (Wildman–Crippen MR) is 129 cm³/mol. The Bertz CT molecular complexity index is 1080. The van der Waals surface area contributed by atoms with Gasteiger partial charge in [-0.2, -0.15) is 0 Å². The lowest BCUT2D eigenvalue weighted by Gasteiger charge is -2.11. The summed E-state index contributed by atoms with van der Waals surface area (Å²) >= 11 is 8.96. The van der Waals surface area contributed by atoms with E-state index in [4.69, 9.17) is 16.3 Å². The normalized spacial score (nSPS) is 10.7. The van der Waals surface area contributed by atoms with E-state index in [-0.39, 0.29) is 17.5 Å². The molecule has 10 heteroatoms. The molecule has 168 valence electrons. The van der Waals surface area contributed by atoms with Crippen molar-refractivity contribution in [2.75, 3.05) is 18.2 Å². The molecule has 32 heavy (non-hydrogen) atoms. The van der Waals surface area contributed by atoms with Crippen LogP contribution in [0.25, 0.3) is 0 Å². The number of aromatic nitrogens is 3. The highest BCUT2D eigenvalue weighted by atomic mass is 35.5. The van der Waals surface area contributed by atoms with Crippen molar-refractivity contribution in [1.82, 2.24) is 14.8 Å². The third-order valence-corrected chi connectivity index (χ3v) is 6.49. The minimum atomic E-state index is -0.246. The van der Waals surface area contributed by atoms with Crippen LogP contribution in [-0.2, 0) is 22.8 Å². The van der Waals surface area contributed by atoms with Crippen LogP contribution >= 0.6 is 35.1 Å². The van der Waals surface area contributed by atoms with Gasteiger partial charge in [-0.05, 0) is 35.9 Å². The molecule has 0 aliphatic carbocycles. The van der Waals surface area contributed by atoms with E-state index in [9.17, 15) is 9.18 Å². The second-order valence-electron chi connectivity index (χ2n) is 6.60. The molecule has 6 nitrogen and oxygen atoms in total. The number of benzene rings is 2. The van der Waals surface area contributed by atoms with E-state index in [0.29, 0.717) is 33.9 Å². The highest BCUT2D eigenvalue weighted by molar-refractivity contribution is 7.99. The van der Waals surface area contributed by atoms with Crippen molar-refractivity contribution >= 4 is 46.7 Å². The van der Waals surface area contributed by atoms with Crippen LogP contribution in [0.15, 0.2) is 60.3 Å². The third-order valence-electron chi connectivity index (χ3n) is 4.29. The number of allylic oxidation sites excluding steroid dienone is 1. The number of ether oxygens (including phenoxy) is 1. The van der Waals surface area contributed by atoms with Gasteiger partial charge in [0.25, 0.3) is 0 Å². The summed E-state index contributed by atoms with van der Waals surface area (Å²) in [4.78, 5) is 12.5. The van der Waals surface area contributed by atoms with Crippen molar-refractivity contribution in [1.29, 1.82) is 0 Å². The molecule has 1 aromatic heterocycles. The van der Waals surface area contributed by atoms with Crippen molar-refractivity contribution in [3.05, 3.63) is 77.3 Å². The summed E-state index contributed by atoms with van der Waals surface area (Å²) in [6.07, 6.45) is 1.76. The first-order valence-electron chi connectivity index (χ1n) is 9.61. The Labute approximate surface area is 199 Å². The maximum atomic E-state index is 13.0. The fourth-order valence-corrected chi connectivity index (χ4v) is 4.65. The van der Waals surface area contributed by atoms with Crippen molar-refractivity contribution in [2.24, 2.45) is 0 Å². The van der Waals surface area contributed by atoms with Crippen LogP contribution < -0.4 is 10.1 Å². The summed E-state index contributed by atoms with van der Waals surface area (Å²) in [6.45, 7) is 4.33. The van der Waals surface area contributed by atoms with E-state index in [2.05, 4.69) is 22.1 Å². The number of halogens is 2. The quantitative estimate of drug-likeness (QED) is 0.284. The van der Waals surface area contributed by atoms with Gasteiger partial charge in [0.15, 0.2) is 5.16 Å². The monoisotopic (exact) mass is 492 g/mol. The zero-order valence-electron chi connectivity index (χ0n) is 17.4. The van der Waals surface area contributed by atoms with E-state index in [1.165, 1.54) is 31.0 Å². The maximum absolute atomic E-state index is 13.0. The molecule has 0 spiro atoms. The summed E-state index contributed by atoms with van der Waals surface area (Å²) in [5.74, 6) is 2.37. The van der Waals surface area contributed by atoms with Gasteiger partial charge in [-0.1, -0.05) is 41.6 Å². The van der Waals surface area contributed by atoms with Crippen LogP contribution in [0.2, 0.25) is 5.02 Å². The molecule has 3 aromatic rings. The van der Waals surface area contributed by atoms with Gasteiger partial charge in [0, 0.05) is 17.3 Å². The summed E-state index contributed by atoms with van der Waals surface area (Å²) in [7, 11) is 1.53. The molecule has 0 radical (unpaired) electrons. The molecule has 1 N–H and O–H groups in total. The Balaban J connectivity index is 1.58. The summed E-state index contributed by atoms with van der Waals surface area (Å²) in [6, 6.07) is 11.5. The Morgan fingerprint density at radius 3 is 2.75 bits per heavy atom. The number of carbonyl (C=O) groups is 1. The lowest BCUT2D eigenvalue weighted by atomic mass is 10.2. The molecular formula is C22H22ClFN4O2S2. The fraction of sp³-hybridized carbons (Fsp3) is 0.227. The molecule has 0 saturated carbocycles. The predicted octanol–water partition coefficient (Wildman–Crippen LogP) is 5.43. The highest BCUT2D eigenvalue weighted by Gasteiger charge is 2.15. The summed E-state index contributed by atoms with van der Waals surface area (Å²) in [5.41, 5.74) is 1.55. The molecule has 0 saturated heterocycles. The number of rotatable bonds is 11. The molecule has 0 atom stereocenters. The van der Waals surface area contributed by atoms with E-state index >= 15 is 0 Å². The Kier molecular flexibility index (Phi) is 9.01. The van der Waals surface area contributed by atoms with Crippen molar-refractivity contribution in [3.63, 3.8) is 0 Å². The van der Waals surface area contributed by atoms with Crippen LogP contribution in [0.3, 0.4) is 0 Å². The average molecular weight is 493 g/mol. The average Bonchev–Trinajstić information content (AvgIpc) is 3.16. The Hall–Kier alpha value is -2.49. The molecule has 3 rings (SSSR count). The molecule has 1 heterocycles. The number of amides is 1. The molecule has 1 amide bonds. The first-order valence-corrected chi connectivity index (χ1v) is 12.1. The molecule has 0 aliphatic heterocycles. The summed E-state index contributed by atoms with van der Waals surface area (Å²) < 4.78 is 20.2. The number of hydrogen-bond acceptors (Lipinski definition) is 6. The number of thioether (sulfide) groups is 2. The SMILES string of the molecule is C=CCn1c(CSCc2ccc(F)cc2)nnc1SCC(=O)Nc1cc(Cl)ccc1OC. The number of carbonyl (C=O) groups excluding carboxylic acids is 1.